The fraction of sp³-hybridized carbons (Fsp3) is 0.800. The van der Waals surface area contributed by atoms with Crippen molar-refractivity contribution >= 4 is 29.7 Å². The standard InChI is InChI=1S/C25H45N5O8/c1-5-28(6-2)21(31)14-26(16-23(33)34)12-19-10-9-11-20(30(19)18-25(37)38)13-27(17-24(35)36)15-22(32)29(7-3)8-4/h19-20H,5-18H2,1-4H3,(H,33,34)(H,35,36)(H,37,38). The van der Waals surface area contributed by atoms with Crippen molar-refractivity contribution < 1.29 is 39.3 Å². The fourth-order valence-electron chi connectivity index (χ4n) is 5.11. The molecule has 1 saturated heterocycles. The monoisotopic (exact) mass is 543 g/mol. The van der Waals surface area contributed by atoms with E-state index in [4.69, 9.17) is 0 Å². The number of hydrogen-bond donors (Lipinski definition) is 3. The first-order valence-corrected chi connectivity index (χ1v) is 13.4. The molecule has 3 N–H and O–H groups in total. The highest BCUT2D eigenvalue weighted by atomic mass is 16.4. The molecule has 0 aliphatic carbocycles. The predicted octanol–water partition coefficient (Wildman–Crippen LogP) is -0.196. The average molecular weight is 544 g/mol. The van der Waals surface area contributed by atoms with E-state index in [1.807, 2.05) is 27.7 Å². The van der Waals surface area contributed by atoms with E-state index in [0.29, 0.717) is 39.0 Å². The van der Waals surface area contributed by atoms with Gasteiger partial charge >= 0.3 is 17.9 Å². The molecule has 0 aromatic carbocycles. The van der Waals surface area contributed by atoms with E-state index in [2.05, 4.69) is 0 Å². The minimum Gasteiger partial charge on any atom is -0.480 e. The second-order valence-electron chi connectivity index (χ2n) is 9.56. The van der Waals surface area contributed by atoms with Gasteiger partial charge in [0.2, 0.25) is 11.8 Å². The third kappa shape index (κ3) is 11.3. The zero-order valence-electron chi connectivity index (χ0n) is 23.2. The molecule has 0 saturated carbocycles. The first kappa shape index (κ1) is 33.3. The van der Waals surface area contributed by atoms with Crippen LogP contribution in [0.4, 0.5) is 0 Å². The highest BCUT2D eigenvalue weighted by Crippen LogP contribution is 2.25. The summed E-state index contributed by atoms with van der Waals surface area (Å²) in [5.41, 5.74) is 0. The number of piperidine rings is 1. The van der Waals surface area contributed by atoms with Crippen LogP contribution < -0.4 is 0 Å². The number of carboxylic acid groups (broad SMARTS) is 3. The lowest BCUT2D eigenvalue weighted by Gasteiger charge is -2.44. The number of carbonyl (C=O) groups is 5. The summed E-state index contributed by atoms with van der Waals surface area (Å²) >= 11 is 0. The molecule has 0 radical (unpaired) electrons. The van der Waals surface area contributed by atoms with Gasteiger partial charge < -0.3 is 25.1 Å². The van der Waals surface area contributed by atoms with Crippen molar-refractivity contribution in [2.75, 3.05) is 72.0 Å². The molecular formula is C25H45N5O8. The summed E-state index contributed by atoms with van der Waals surface area (Å²) in [4.78, 5) is 68.4. The lowest BCUT2D eigenvalue weighted by atomic mass is 9.94. The van der Waals surface area contributed by atoms with E-state index < -0.39 is 17.9 Å². The highest BCUT2D eigenvalue weighted by Gasteiger charge is 2.35. The number of rotatable bonds is 18. The molecule has 13 heteroatoms. The SMILES string of the molecule is CCN(CC)C(=O)CN(CC(=O)O)CC1CCCC(CN(CC(=O)O)CC(=O)N(CC)CC)N1CC(=O)O. The van der Waals surface area contributed by atoms with E-state index in [1.165, 1.54) is 9.80 Å². The quantitative estimate of drug-likeness (QED) is 0.210. The number of carbonyl (C=O) groups excluding carboxylic acids is 2. The molecule has 0 bridgehead atoms. The maximum Gasteiger partial charge on any atom is 0.317 e. The summed E-state index contributed by atoms with van der Waals surface area (Å²) < 4.78 is 0. The molecular weight excluding hydrogens is 498 g/mol. The Morgan fingerprint density at radius 2 is 1.00 bits per heavy atom. The number of likely N-dealkylation sites (tertiary alicyclic amines) is 1. The van der Waals surface area contributed by atoms with Crippen molar-refractivity contribution in [3.8, 4) is 0 Å². The molecule has 0 aromatic rings. The van der Waals surface area contributed by atoms with Gasteiger partial charge in [0.15, 0.2) is 0 Å². The number of likely N-dealkylation sites (N-methyl/N-ethyl adjacent to an activating group) is 2. The Morgan fingerprint density at radius 1 is 0.632 bits per heavy atom. The van der Waals surface area contributed by atoms with E-state index in [0.717, 1.165) is 6.42 Å². The van der Waals surface area contributed by atoms with Crippen molar-refractivity contribution in [2.45, 2.75) is 59.0 Å². The third-order valence-corrected chi connectivity index (χ3v) is 6.94. The van der Waals surface area contributed by atoms with Gasteiger partial charge in [-0.15, -0.1) is 0 Å². The largest absolute Gasteiger partial charge is 0.480 e. The van der Waals surface area contributed by atoms with Gasteiger partial charge in [-0.05, 0) is 40.5 Å². The first-order valence-electron chi connectivity index (χ1n) is 13.4. The molecule has 218 valence electrons. The lowest BCUT2D eigenvalue weighted by molar-refractivity contribution is -0.144. The van der Waals surface area contributed by atoms with Gasteiger partial charge in [0.25, 0.3) is 0 Å². The summed E-state index contributed by atoms with van der Waals surface area (Å²) in [7, 11) is 0. The number of nitrogens with zero attached hydrogens (tertiary/aromatic N) is 5. The van der Waals surface area contributed by atoms with Gasteiger partial charge in [0.05, 0.1) is 32.7 Å². The maximum absolute atomic E-state index is 12.7. The van der Waals surface area contributed by atoms with Crippen molar-refractivity contribution in [1.82, 2.24) is 24.5 Å². The Bertz CT molecular complexity index is 747. The van der Waals surface area contributed by atoms with Gasteiger partial charge in [0, 0.05) is 51.4 Å². The summed E-state index contributed by atoms with van der Waals surface area (Å²) in [6, 6.07) is -0.697. The van der Waals surface area contributed by atoms with Crippen molar-refractivity contribution in [1.29, 1.82) is 0 Å². The fourth-order valence-corrected chi connectivity index (χ4v) is 5.11. The van der Waals surface area contributed by atoms with Gasteiger partial charge in [0.1, 0.15) is 0 Å². The van der Waals surface area contributed by atoms with Gasteiger partial charge in [-0.1, -0.05) is 6.42 Å². The molecule has 1 aliphatic rings. The minimum atomic E-state index is -1.09. The topological polar surface area (TPSA) is 162 Å². The Labute approximate surface area is 224 Å². The Balaban J connectivity index is 3.14. The second kappa shape index (κ2) is 16.9. The predicted molar refractivity (Wildman–Crippen MR) is 140 cm³/mol. The smallest absolute Gasteiger partial charge is 0.317 e. The Hall–Kier alpha value is -2.77. The molecule has 38 heavy (non-hydrogen) atoms. The van der Waals surface area contributed by atoms with Crippen LogP contribution in [0.15, 0.2) is 0 Å². The van der Waals surface area contributed by atoms with Crippen molar-refractivity contribution in [3.05, 3.63) is 0 Å². The molecule has 1 aliphatic heterocycles. The molecule has 2 unspecified atom stereocenters. The van der Waals surface area contributed by atoms with Gasteiger partial charge in [-0.25, -0.2) is 0 Å². The lowest BCUT2D eigenvalue weighted by Crippen LogP contribution is -2.58. The van der Waals surface area contributed by atoms with E-state index in [-0.39, 0.29) is 69.7 Å². The highest BCUT2D eigenvalue weighted by molar-refractivity contribution is 5.79. The molecule has 13 nitrogen and oxygen atoms in total. The summed E-state index contributed by atoms with van der Waals surface area (Å²) in [5, 5.41) is 28.5. The molecule has 2 atom stereocenters. The Kier molecular flexibility index (Phi) is 14.8. The minimum absolute atomic E-state index is 0.0976. The molecule has 1 rings (SSSR count). The van der Waals surface area contributed by atoms with Crippen LogP contribution in [-0.2, 0) is 24.0 Å². The van der Waals surface area contributed by atoms with Crippen LogP contribution in [0.3, 0.4) is 0 Å². The van der Waals surface area contributed by atoms with Crippen LogP contribution in [-0.4, -0.2) is 154 Å². The van der Waals surface area contributed by atoms with E-state index >= 15 is 0 Å². The second-order valence-corrected chi connectivity index (χ2v) is 9.56. The molecule has 2 amide bonds. The molecule has 1 heterocycles. The van der Waals surface area contributed by atoms with Crippen LogP contribution in [0.5, 0.6) is 0 Å². The maximum atomic E-state index is 12.7. The zero-order chi connectivity index (χ0) is 28.8. The first-order chi connectivity index (χ1) is 17.9. The van der Waals surface area contributed by atoms with Crippen molar-refractivity contribution in [3.63, 3.8) is 0 Å². The number of carboxylic acids is 3. The summed E-state index contributed by atoms with van der Waals surface area (Å²) in [6.07, 6.45) is 1.94. The van der Waals surface area contributed by atoms with Crippen molar-refractivity contribution in [2.24, 2.45) is 0 Å². The zero-order valence-corrected chi connectivity index (χ0v) is 23.2. The van der Waals surface area contributed by atoms with Gasteiger partial charge in [-0.3, -0.25) is 38.7 Å². The van der Waals surface area contributed by atoms with Crippen LogP contribution in [0.2, 0.25) is 0 Å². The summed E-state index contributed by atoms with van der Waals surface area (Å²) in [5.74, 6) is -3.63. The van der Waals surface area contributed by atoms with Crippen LogP contribution >= 0.6 is 0 Å². The van der Waals surface area contributed by atoms with E-state index in [9.17, 15) is 39.3 Å². The third-order valence-electron chi connectivity index (χ3n) is 6.94. The number of amides is 2. The molecule has 1 fully saturated rings. The normalized spacial score (nSPS) is 17.9. The van der Waals surface area contributed by atoms with Crippen LogP contribution in [0.1, 0.15) is 47.0 Å². The molecule has 0 spiro atoms. The number of aliphatic carboxylic acids is 3. The average Bonchev–Trinajstić information content (AvgIpc) is 2.81. The van der Waals surface area contributed by atoms with Crippen LogP contribution in [0.25, 0.3) is 0 Å². The Morgan fingerprint density at radius 3 is 1.29 bits per heavy atom. The summed E-state index contributed by atoms with van der Waals surface area (Å²) in [6.45, 7) is 8.50. The van der Waals surface area contributed by atoms with Crippen LogP contribution in [0, 0.1) is 0 Å². The van der Waals surface area contributed by atoms with E-state index in [1.54, 1.807) is 14.7 Å². The van der Waals surface area contributed by atoms with Gasteiger partial charge in [-0.2, -0.15) is 0 Å². The molecule has 0 aromatic heterocycles. The number of hydrogen-bond acceptors (Lipinski definition) is 8.